The Kier molecular flexibility index (Phi) is 5.49. The van der Waals surface area contributed by atoms with Gasteiger partial charge in [-0.3, -0.25) is 9.59 Å². The second-order valence-corrected chi connectivity index (χ2v) is 8.34. The highest BCUT2D eigenvalue weighted by Crippen LogP contribution is 2.48. The molecule has 2 fully saturated rings. The number of ether oxygens (including phenoxy) is 2. The molecule has 0 atom stereocenters. The second-order valence-electron chi connectivity index (χ2n) is 8.34. The SMILES string of the molecule is CCOC(=O)c1cn(C2CC2)c2c(OC)c(C3(C(=O)O)CCCCC3)c(F)cc2c1=O. The van der Waals surface area contributed by atoms with Crippen molar-refractivity contribution in [1.29, 1.82) is 0 Å². The molecule has 0 unspecified atom stereocenters. The number of carbonyl (C=O) groups excluding carboxylic acids is 1. The van der Waals surface area contributed by atoms with Crippen LogP contribution in [0.25, 0.3) is 10.9 Å². The van der Waals surface area contributed by atoms with E-state index in [0.29, 0.717) is 31.2 Å². The maximum absolute atomic E-state index is 15.6. The molecule has 1 heterocycles. The lowest BCUT2D eigenvalue weighted by molar-refractivity contribution is -0.145. The largest absolute Gasteiger partial charge is 0.494 e. The molecule has 31 heavy (non-hydrogen) atoms. The Morgan fingerprint density at radius 2 is 1.94 bits per heavy atom. The summed E-state index contributed by atoms with van der Waals surface area (Å²) in [5.74, 6) is -2.58. The fourth-order valence-electron chi connectivity index (χ4n) is 4.82. The number of nitrogens with zero attached hydrogens (tertiary/aromatic N) is 1. The highest BCUT2D eigenvalue weighted by Gasteiger charge is 2.46. The van der Waals surface area contributed by atoms with Crippen molar-refractivity contribution in [2.45, 2.75) is 63.3 Å². The Bertz CT molecular complexity index is 1110. The predicted molar refractivity (Wildman–Crippen MR) is 111 cm³/mol. The van der Waals surface area contributed by atoms with Crippen molar-refractivity contribution < 1.29 is 28.6 Å². The molecule has 8 heteroatoms. The van der Waals surface area contributed by atoms with Crippen LogP contribution in [0.1, 0.15) is 73.8 Å². The van der Waals surface area contributed by atoms with Gasteiger partial charge in [-0.15, -0.1) is 0 Å². The van der Waals surface area contributed by atoms with Gasteiger partial charge in [0.15, 0.2) is 5.75 Å². The highest BCUT2D eigenvalue weighted by atomic mass is 19.1. The Morgan fingerprint density at radius 1 is 1.26 bits per heavy atom. The highest BCUT2D eigenvalue weighted by molar-refractivity contribution is 5.97. The average molecular weight is 431 g/mol. The second kappa shape index (κ2) is 7.98. The number of hydrogen-bond acceptors (Lipinski definition) is 5. The number of pyridine rings is 1. The molecule has 0 radical (unpaired) electrons. The monoisotopic (exact) mass is 431 g/mol. The number of methoxy groups -OCH3 is 1. The molecular formula is C23H26FNO6. The number of benzene rings is 1. The molecule has 0 bridgehead atoms. The van der Waals surface area contributed by atoms with Crippen LogP contribution >= 0.6 is 0 Å². The molecule has 1 N–H and O–H groups in total. The topological polar surface area (TPSA) is 94.8 Å². The van der Waals surface area contributed by atoms with E-state index in [4.69, 9.17) is 9.47 Å². The van der Waals surface area contributed by atoms with Gasteiger partial charge in [-0.25, -0.2) is 9.18 Å². The van der Waals surface area contributed by atoms with Gasteiger partial charge in [0.2, 0.25) is 5.43 Å². The van der Waals surface area contributed by atoms with Crippen molar-refractivity contribution in [3.8, 4) is 5.75 Å². The molecule has 1 aromatic heterocycles. The van der Waals surface area contributed by atoms with Gasteiger partial charge in [0, 0.05) is 17.8 Å². The molecule has 1 aromatic carbocycles. The van der Waals surface area contributed by atoms with Gasteiger partial charge in [-0.1, -0.05) is 19.3 Å². The predicted octanol–water partition coefficient (Wildman–Crippen LogP) is 3.95. The minimum absolute atomic E-state index is 0.00705. The van der Waals surface area contributed by atoms with Crippen LogP contribution in [0.2, 0.25) is 0 Å². The van der Waals surface area contributed by atoms with Crippen molar-refractivity contribution in [1.82, 2.24) is 4.57 Å². The number of fused-ring (bicyclic) bond motifs is 1. The summed E-state index contributed by atoms with van der Waals surface area (Å²) in [6.45, 7) is 1.75. The van der Waals surface area contributed by atoms with Crippen LogP contribution in [0, 0.1) is 5.82 Å². The Labute approximate surface area is 178 Å². The average Bonchev–Trinajstić information content (AvgIpc) is 3.59. The zero-order valence-electron chi connectivity index (χ0n) is 17.7. The number of aromatic nitrogens is 1. The summed E-state index contributed by atoms with van der Waals surface area (Å²) in [4.78, 5) is 37.9. The first-order valence-electron chi connectivity index (χ1n) is 10.7. The van der Waals surface area contributed by atoms with E-state index in [2.05, 4.69) is 0 Å². The lowest BCUT2D eigenvalue weighted by Crippen LogP contribution is -2.39. The molecule has 2 aromatic rings. The van der Waals surface area contributed by atoms with Gasteiger partial charge in [0.1, 0.15) is 11.4 Å². The summed E-state index contributed by atoms with van der Waals surface area (Å²) < 4.78 is 27.9. The molecule has 0 amide bonds. The molecule has 0 spiro atoms. The Balaban J connectivity index is 2.08. The van der Waals surface area contributed by atoms with E-state index < -0.39 is 28.6 Å². The van der Waals surface area contributed by atoms with Crippen LogP contribution in [0.15, 0.2) is 17.1 Å². The first kappa shape index (κ1) is 21.3. The summed E-state index contributed by atoms with van der Waals surface area (Å²) in [5, 5.41) is 10.1. The number of esters is 1. The van der Waals surface area contributed by atoms with Gasteiger partial charge in [-0.2, -0.15) is 0 Å². The molecule has 166 valence electrons. The first-order valence-corrected chi connectivity index (χ1v) is 10.7. The van der Waals surface area contributed by atoms with Crippen molar-refractivity contribution in [3.05, 3.63) is 39.4 Å². The van der Waals surface area contributed by atoms with Crippen LogP contribution in [-0.4, -0.2) is 35.3 Å². The summed E-state index contributed by atoms with van der Waals surface area (Å²) in [6, 6.07) is 1.09. The lowest BCUT2D eigenvalue weighted by Gasteiger charge is -2.35. The van der Waals surface area contributed by atoms with Crippen molar-refractivity contribution >= 4 is 22.8 Å². The minimum atomic E-state index is -1.41. The van der Waals surface area contributed by atoms with E-state index in [-0.39, 0.29) is 34.9 Å². The van der Waals surface area contributed by atoms with Crippen LogP contribution < -0.4 is 10.2 Å². The molecule has 2 aliphatic carbocycles. The fraction of sp³-hybridized carbons (Fsp3) is 0.522. The van der Waals surface area contributed by atoms with Gasteiger partial charge < -0.3 is 19.1 Å². The van der Waals surface area contributed by atoms with E-state index in [0.717, 1.165) is 25.3 Å². The lowest BCUT2D eigenvalue weighted by atomic mass is 9.68. The number of rotatable bonds is 6. The molecule has 4 rings (SSSR count). The molecular weight excluding hydrogens is 405 g/mol. The van der Waals surface area contributed by atoms with Crippen molar-refractivity contribution in [2.75, 3.05) is 13.7 Å². The molecule has 0 aliphatic heterocycles. The Hall–Kier alpha value is -2.90. The van der Waals surface area contributed by atoms with E-state index in [1.54, 1.807) is 11.5 Å². The number of halogens is 1. The van der Waals surface area contributed by atoms with E-state index >= 15 is 4.39 Å². The fourth-order valence-corrected chi connectivity index (χ4v) is 4.82. The summed E-state index contributed by atoms with van der Waals surface area (Å²) in [5.41, 5.74) is -1.90. The third-order valence-corrected chi connectivity index (χ3v) is 6.46. The third kappa shape index (κ3) is 3.38. The number of carboxylic acid groups (broad SMARTS) is 1. The van der Waals surface area contributed by atoms with E-state index in [9.17, 15) is 19.5 Å². The molecule has 2 saturated carbocycles. The van der Waals surface area contributed by atoms with Crippen LogP contribution in [0.4, 0.5) is 4.39 Å². The van der Waals surface area contributed by atoms with Gasteiger partial charge in [0.25, 0.3) is 0 Å². The zero-order valence-corrected chi connectivity index (χ0v) is 17.7. The van der Waals surface area contributed by atoms with Gasteiger partial charge in [-0.05, 0) is 38.7 Å². The quantitative estimate of drug-likeness (QED) is 0.696. The van der Waals surface area contributed by atoms with E-state index in [1.165, 1.54) is 13.3 Å². The zero-order chi connectivity index (χ0) is 22.3. The van der Waals surface area contributed by atoms with Crippen LogP contribution in [0.3, 0.4) is 0 Å². The van der Waals surface area contributed by atoms with Crippen molar-refractivity contribution in [2.24, 2.45) is 0 Å². The smallest absolute Gasteiger partial charge is 0.343 e. The number of carboxylic acids is 1. The number of carbonyl (C=O) groups is 2. The minimum Gasteiger partial charge on any atom is -0.494 e. The van der Waals surface area contributed by atoms with Crippen LogP contribution in [0.5, 0.6) is 5.75 Å². The Morgan fingerprint density at radius 3 is 2.48 bits per heavy atom. The number of aliphatic carboxylic acids is 1. The normalized spacial score (nSPS) is 18.0. The molecule has 7 nitrogen and oxygen atoms in total. The summed E-state index contributed by atoms with van der Waals surface area (Å²) in [7, 11) is 1.36. The number of hydrogen-bond donors (Lipinski definition) is 1. The van der Waals surface area contributed by atoms with Crippen LogP contribution in [-0.2, 0) is 14.9 Å². The first-order chi connectivity index (χ1) is 14.9. The third-order valence-electron chi connectivity index (χ3n) is 6.46. The van der Waals surface area contributed by atoms with Gasteiger partial charge >= 0.3 is 11.9 Å². The summed E-state index contributed by atoms with van der Waals surface area (Å²) >= 11 is 0. The maximum Gasteiger partial charge on any atom is 0.343 e. The maximum atomic E-state index is 15.6. The molecule has 0 saturated heterocycles. The van der Waals surface area contributed by atoms with Crippen molar-refractivity contribution in [3.63, 3.8) is 0 Å². The standard InChI is InChI=1S/C23H26FNO6/c1-3-31-21(27)15-12-25(13-7-8-13)18-14(19(15)26)11-16(24)17(20(18)30-2)23(22(28)29)9-5-4-6-10-23/h11-13H,3-10H2,1-2H3,(H,28,29). The molecule has 2 aliphatic rings. The summed E-state index contributed by atoms with van der Waals surface area (Å²) in [6.07, 6.45) is 5.95. The van der Waals surface area contributed by atoms with Gasteiger partial charge in [0.05, 0.1) is 30.0 Å². The van der Waals surface area contributed by atoms with E-state index in [1.807, 2.05) is 0 Å².